The second-order valence-electron chi connectivity index (χ2n) is 3.46. The summed E-state index contributed by atoms with van der Waals surface area (Å²) in [5.74, 6) is 0.571. The zero-order chi connectivity index (χ0) is 11.3. The molecule has 0 saturated heterocycles. The number of hydrogen-bond donors (Lipinski definition) is 0. The van der Waals surface area contributed by atoms with E-state index in [-0.39, 0.29) is 5.78 Å². The largest absolute Gasteiger partial charge is 0.293 e. The Kier molecular flexibility index (Phi) is 4.69. The Balaban J connectivity index is 2.73. The van der Waals surface area contributed by atoms with Crippen molar-refractivity contribution < 1.29 is 9.00 Å². The van der Waals surface area contributed by atoms with Crippen LogP contribution in [0.2, 0.25) is 0 Å². The van der Waals surface area contributed by atoms with E-state index in [1.54, 1.807) is 19.1 Å². The van der Waals surface area contributed by atoms with E-state index in [0.717, 1.165) is 6.42 Å². The quantitative estimate of drug-likeness (QED) is 0.720. The van der Waals surface area contributed by atoms with Gasteiger partial charge >= 0.3 is 0 Å². The molecule has 1 rings (SSSR count). The molecule has 0 spiro atoms. The van der Waals surface area contributed by atoms with Gasteiger partial charge in [-0.1, -0.05) is 37.3 Å². The summed E-state index contributed by atoms with van der Waals surface area (Å²) in [7, 11) is -1.04. The summed E-state index contributed by atoms with van der Waals surface area (Å²) in [6.45, 7) is 3.71. The van der Waals surface area contributed by atoms with Crippen LogP contribution in [0.25, 0.3) is 0 Å². The fourth-order valence-electron chi connectivity index (χ4n) is 1.33. The van der Waals surface area contributed by atoms with Crippen molar-refractivity contribution in [2.75, 3.05) is 5.75 Å². The molecule has 0 aromatic heterocycles. The highest BCUT2D eigenvalue weighted by Gasteiger charge is 2.20. The zero-order valence-electron chi connectivity index (χ0n) is 9.10. The summed E-state index contributed by atoms with van der Waals surface area (Å²) < 4.78 is 11.6. The molecule has 0 N–H and O–H groups in total. The number of Topliss-reactive ketones (excluding diaryl/α,β-unsaturated/α-hetero) is 1. The van der Waals surface area contributed by atoms with Crippen molar-refractivity contribution in [1.29, 1.82) is 0 Å². The predicted molar refractivity (Wildman–Crippen MR) is 63.5 cm³/mol. The third-order valence-corrected chi connectivity index (χ3v) is 4.04. The second kappa shape index (κ2) is 5.81. The Labute approximate surface area is 93.2 Å². The average molecular weight is 224 g/mol. The first kappa shape index (κ1) is 12.1. The predicted octanol–water partition coefficient (Wildman–Crippen LogP) is 2.42. The molecule has 0 bridgehead atoms. The van der Waals surface area contributed by atoms with E-state index in [4.69, 9.17) is 0 Å². The van der Waals surface area contributed by atoms with Gasteiger partial charge in [-0.25, -0.2) is 0 Å². The van der Waals surface area contributed by atoms with Gasteiger partial charge in [0.2, 0.25) is 0 Å². The normalized spacial score (nSPS) is 14.5. The van der Waals surface area contributed by atoms with Crippen LogP contribution in [0.1, 0.15) is 30.6 Å². The first-order valence-electron chi connectivity index (χ1n) is 5.13. The number of carbonyl (C=O) groups is 1. The van der Waals surface area contributed by atoms with Crippen molar-refractivity contribution in [3.8, 4) is 0 Å². The Hall–Kier alpha value is -0.960. The molecule has 1 aromatic carbocycles. The van der Waals surface area contributed by atoms with Crippen LogP contribution >= 0.6 is 0 Å². The summed E-state index contributed by atoms with van der Waals surface area (Å²) in [6, 6.07) is 9.04. The first-order chi connectivity index (χ1) is 7.16. The maximum atomic E-state index is 11.9. The minimum atomic E-state index is -1.04. The van der Waals surface area contributed by atoms with Crippen LogP contribution in [0.3, 0.4) is 0 Å². The summed E-state index contributed by atoms with van der Waals surface area (Å²) >= 11 is 0. The lowest BCUT2D eigenvalue weighted by molar-refractivity contribution is 0.0992. The molecule has 0 amide bonds. The molecule has 82 valence electrons. The molecule has 15 heavy (non-hydrogen) atoms. The van der Waals surface area contributed by atoms with E-state index >= 15 is 0 Å². The van der Waals surface area contributed by atoms with Crippen LogP contribution in [-0.4, -0.2) is 21.0 Å². The van der Waals surface area contributed by atoms with Crippen LogP contribution in [0.5, 0.6) is 0 Å². The molecular formula is C12H16O2S. The van der Waals surface area contributed by atoms with Crippen LogP contribution in [0, 0.1) is 0 Å². The summed E-state index contributed by atoms with van der Waals surface area (Å²) in [6.07, 6.45) is 0.846. The standard InChI is InChI=1S/C12H16O2S/c1-3-9-15(14)10(2)12(13)11-7-5-4-6-8-11/h4-8,10H,3,9H2,1-2H3. The van der Waals surface area contributed by atoms with Crippen LogP contribution in [-0.2, 0) is 10.8 Å². The maximum Gasteiger partial charge on any atom is 0.178 e. The van der Waals surface area contributed by atoms with Gasteiger partial charge in [0.15, 0.2) is 5.78 Å². The highest BCUT2D eigenvalue weighted by molar-refractivity contribution is 7.86. The summed E-state index contributed by atoms with van der Waals surface area (Å²) in [5, 5.41) is -0.396. The lowest BCUT2D eigenvalue weighted by Crippen LogP contribution is -2.24. The van der Waals surface area contributed by atoms with Crippen molar-refractivity contribution in [1.82, 2.24) is 0 Å². The highest BCUT2D eigenvalue weighted by Crippen LogP contribution is 2.08. The van der Waals surface area contributed by atoms with E-state index in [2.05, 4.69) is 0 Å². The molecule has 0 radical (unpaired) electrons. The Morgan fingerprint density at radius 3 is 2.47 bits per heavy atom. The Morgan fingerprint density at radius 1 is 1.33 bits per heavy atom. The third-order valence-electron chi connectivity index (χ3n) is 2.23. The molecule has 2 atom stereocenters. The van der Waals surface area contributed by atoms with Crippen molar-refractivity contribution in [2.45, 2.75) is 25.5 Å². The lowest BCUT2D eigenvalue weighted by atomic mass is 10.1. The van der Waals surface area contributed by atoms with Gasteiger partial charge in [0.25, 0.3) is 0 Å². The lowest BCUT2D eigenvalue weighted by Gasteiger charge is -2.09. The first-order valence-corrected chi connectivity index (χ1v) is 6.51. The van der Waals surface area contributed by atoms with Gasteiger partial charge in [-0.05, 0) is 13.3 Å². The smallest absolute Gasteiger partial charge is 0.178 e. The van der Waals surface area contributed by atoms with E-state index in [9.17, 15) is 9.00 Å². The van der Waals surface area contributed by atoms with Crippen LogP contribution in [0.4, 0.5) is 0 Å². The highest BCUT2D eigenvalue weighted by atomic mass is 32.2. The van der Waals surface area contributed by atoms with Crippen LogP contribution < -0.4 is 0 Å². The van der Waals surface area contributed by atoms with Crippen molar-refractivity contribution in [3.05, 3.63) is 35.9 Å². The van der Waals surface area contributed by atoms with E-state index in [1.165, 1.54) is 0 Å². The van der Waals surface area contributed by atoms with E-state index < -0.39 is 16.0 Å². The van der Waals surface area contributed by atoms with Gasteiger partial charge in [0, 0.05) is 22.1 Å². The van der Waals surface area contributed by atoms with E-state index in [1.807, 2.05) is 25.1 Å². The molecule has 0 aliphatic heterocycles. The number of rotatable bonds is 5. The molecule has 0 aliphatic rings. The summed E-state index contributed by atoms with van der Waals surface area (Å²) in [5.41, 5.74) is 0.648. The molecule has 2 unspecified atom stereocenters. The average Bonchev–Trinajstić information content (AvgIpc) is 2.28. The number of benzene rings is 1. The molecule has 0 heterocycles. The number of ketones is 1. The molecule has 3 heteroatoms. The van der Waals surface area contributed by atoms with Gasteiger partial charge in [-0.2, -0.15) is 0 Å². The van der Waals surface area contributed by atoms with Crippen LogP contribution in [0.15, 0.2) is 30.3 Å². The number of carbonyl (C=O) groups excluding carboxylic acids is 1. The molecule has 0 aliphatic carbocycles. The summed E-state index contributed by atoms with van der Waals surface area (Å²) in [4.78, 5) is 11.9. The zero-order valence-corrected chi connectivity index (χ0v) is 9.92. The molecular weight excluding hydrogens is 208 g/mol. The minimum Gasteiger partial charge on any atom is -0.293 e. The van der Waals surface area contributed by atoms with Crippen molar-refractivity contribution in [3.63, 3.8) is 0 Å². The van der Waals surface area contributed by atoms with Gasteiger partial charge in [-0.15, -0.1) is 0 Å². The van der Waals surface area contributed by atoms with Gasteiger partial charge in [-0.3, -0.25) is 9.00 Å². The number of hydrogen-bond acceptors (Lipinski definition) is 2. The fourth-order valence-corrected chi connectivity index (χ4v) is 2.47. The maximum absolute atomic E-state index is 11.9. The van der Waals surface area contributed by atoms with Gasteiger partial charge in [0.1, 0.15) is 0 Å². The Morgan fingerprint density at radius 2 is 1.93 bits per heavy atom. The SMILES string of the molecule is CCCS(=O)C(C)C(=O)c1ccccc1. The molecule has 1 aromatic rings. The minimum absolute atomic E-state index is 0.0256. The van der Waals surface area contributed by atoms with E-state index in [0.29, 0.717) is 11.3 Å². The fraction of sp³-hybridized carbons (Fsp3) is 0.417. The van der Waals surface area contributed by atoms with Gasteiger partial charge < -0.3 is 0 Å². The monoisotopic (exact) mass is 224 g/mol. The third kappa shape index (κ3) is 3.27. The Bertz CT molecular complexity index is 346. The van der Waals surface area contributed by atoms with Crippen molar-refractivity contribution >= 4 is 16.6 Å². The molecule has 0 saturated carbocycles. The topological polar surface area (TPSA) is 34.1 Å². The second-order valence-corrected chi connectivity index (χ2v) is 5.33. The van der Waals surface area contributed by atoms with Crippen molar-refractivity contribution in [2.24, 2.45) is 0 Å². The molecule has 2 nitrogen and oxygen atoms in total. The molecule has 0 fully saturated rings. The van der Waals surface area contributed by atoms with Gasteiger partial charge in [0.05, 0.1) is 5.25 Å².